The van der Waals surface area contributed by atoms with E-state index in [1.165, 1.54) is 125 Å². The first kappa shape index (κ1) is 56.3. The number of fused-ring (bicyclic) bond motifs is 12. The van der Waals surface area contributed by atoms with Crippen LogP contribution >= 0.6 is 15.9 Å². The maximum absolute atomic E-state index is 10.2. The predicted molar refractivity (Wildman–Crippen MR) is 399 cm³/mol. The minimum absolute atomic E-state index is 0.551. The lowest BCUT2D eigenvalue weighted by Crippen LogP contribution is -2.31. The van der Waals surface area contributed by atoms with Gasteiger partial charge < -0.3 is 10.0 Å². The second-order valence-electron chi connectivity index (χ2n) is 23.6. The molecular formula is C88H58BBrO2. The van der Waals surface area contributed by atoms with Gasteiger partial charge in [0.05, 0.1) is 0 Å². The van der Waals surface area contributed by atoms with Crippen molar-refractivity contribution < 1.29 is 10.0 Å². The largest absolute Gasteiger partial charge is 0.489 e. The van der Waals surface area contributed by atoms with Crippen LogP contribution in [0.1, 0.15) is 0 Å². The maximum atomic E-state index is 10.2. The molecule has 92 heavy (non-hydrogen) atoms. The number of hydrogen-bond donors (Lipinski definition) is 2. The Morgan fingerprint density at radius 1 is 0.196 bits per heavy atom. The topological polar surface area (TPSA) is 40.5 Å². The standard InChI is InChI=1S/C44H28.C30H21BO2.C14H9Br/c1-3-17-33-29(12-1)14-10-23-35(33)31-15-9-16-32(28-31)43-39-19-5-7-21-41(39)44(42-22-8-6-20-40(42)43)38-25-11-24-36-34-18-4-2-13-30(34)26-27-37(36)38;32-31(33)30-27-16-5-3-14-25(27)29(26-15-4-6-17-28(26)30)22-12-7-11-21(19-22)24-18-8-10-20-9-1-2-13-23(20)24;15-14-7-3-6-12-11-5-2-1-4-10(11)8-9-13(12)14/h1-28H;1-19,32-33H;1-9H. The Morgan fingerprint density at radius 3 is 0.946 bits per heavy atom. The first-order valence-electron chi connectivity index (χ1n) is 31.3. The van der Waals surface area contributed by atoms with E-state index >= 15 is 0 Å². The van der Waals surface area contributed by atoms with Crippen molar-refractivity contribution in [2.45, 2.75) is 0 Å². The van der Waals surface area contributed by atoms with Gasteiger partial charge in [-0.1, -0.05) is 337 Å². The molecule has 0 spiro atoms. The molecule has 432 valence electrons. The summed E-state index contributed by atoms with van der Waals surface area (Å²) in [7, 11) is -1.55. The van der Waals surface area contributed by atoms with Crippen LogP contribution in [0.15, 0.2) is 344 Å². The fraction of sp³-hybridized carbons (Fsp3) is 0. The molecular weight excluding hydrogens is 1180 g/mol. The highest BCUT2D eigenvalue weighted by atomic mass is 79.9. The molecule has 0 radical (unpaired) electrons. The molecule has 18 rings (SSSR count). The molecule has 18 aromatic carbocycles. The smallest absolute Gasteiger partial charge is 0.423 e. The molecule has 18 aromatic rings. The van der Waals surface area contributed by atoms with E-state index in [1.807, 2.05) is 36.4 Å². The summed E-state index contributed by atoms with van der Waals surface area (Å²) in [6.45, 7) is 0. The molecule has 0 aromatic heterocycles. The number of rotatable bonds is 6. The number of halogens is 1. The van der Waals surface area contributed by atoms with Crippen molar-refractivity contribution in [2.75, 3.05) is 0 Å². The molecule has 2 N–H and O–H groups in total. The molecule has 0 unspecified atom stereocenters. The first-order valence-corrected chi connectivity index (χ1v) is 32.1. The lowest BCUT2D eigenvalue weighted by molar-refractivity contribution is 0.426. The van der Waals surface area contributed by atoms with Crippen molar-refractivity contribution in [3.8, 4) is 55.6 Å². The van der Waals surface area contributed by atoms with E-state index in [0.29, 0.717) is 5.46 Å². The van der Waals surface area contributed by atoms with Crippen LogP contribution in [-0.2, 0) is 0 Å². The van der Waals surface area contributed by atoms with Crippen LogP contribution in [0.25, 0.3) is 163 Å². The number of benzene rings is 18. The molecule has 0 heterocycles. The molecule has 0 saturated heterocycles. The van der Waals surface area contributed by atoms with Gasteiger partial charge in [-0.3, -0.25) is 0 Å². The Balaban J connectivity index is 0.000000123. The summed E-state index contributed by atoms with van der Waals surface area (Å²) >= 11 is 3.58. The zero-order valence-electron chi connectivity index (χ0n) is 50.2. The van der Waals surface area contributed by atoms with E-state index < -0.39 is 7.12 Å². The van der Waals surface area contributed by atoms with Crippen molar-refractivity contribution in [3.63, 3.8) is 0 Å². The second-order valence-corrected chi connectivity index (χ2v) is 24.5. The minimum Gasteiger partial charge on any atom is -0.423 e. The van der Waals surface area contributed by atoms with E-state index in [4.69, 9.17) is 0 Å². The maximum Gasteiger partial charge on any atom is 0.489 e. The van der Waals surface area contributed by atoms with Crippen LogP contribution in [0.2, 0.25) is 0 Å². The van der Waals surface area contributed by atoms with E-state index in [-0.39, 0.29) is 0 Å². The lowest BCUT2D eigenvalue weighted by atomic mass is 9.72. The van der Waals surface area contributed by atoms with Crippen molar-refractivity contribution in [3.05, 3.63) is 344 Å². The van der Waals surface area contributed by atoms with Crippen molar-refractivity contribution in [1.82, 2.24) is 0 Å². The quantitative estimate of drug-likeness (QED) is 0.0990. The molecule has 0 atom stereocenters. The third kappa shape index (κ3) is 10.0. The Morgan fingerprint density at radius 2 is 0.489 bits per heavy atom. The Labute approximate surface area is 542 Å². The fourth-order valence-corrected chi connectivity index (χ4v) is 14.9. The van der Waals surface area contributed by atoms with Crippen LogP contribution in [0, 0.1) is 0 Å². The van der Waals surface area contributed by atoms with Gasteiger partial charge in [-0.25, -0.2) is 0 Å². The fourth-order valence-electron chi connectivity index (χ4n) is 14.4. The highest BCUT2D eigenvalue weighted by molar-refractivity contribution is 9.10. The summed E-state index contributed by atoms with van der Waals surface area (Å²) in [5.41, 5.74) is 12.7. The van der Waals surface area contributed by atoms with Gasteiger partial charge in [0.15, 0.2) is 0 Å². The minimum atomic E-state index is -1.55. The van der Waals surface area contributed by atoms with Gasteiger partial charge in [0.25, 0.3) is 0 Å². The van der Waals surface area contributed by atoms with Crippen molar-refractivity contribution in [2.24, 2.45) is 0 Å². The zero-order chi connectivity index (χ0) is 61.7. The first-order chi connectivity index (χ1) is 45.4. The summed E-state index contributed by atoms with van der Waals surface area (Å²) in [6.07, 6.45) is 0. The highest BCUT2D eigenvalue weighted by Crippen LogP contribution is 2.47. The van der Waals surface area contributed by atoms with E-state index in [0.717, 1.165) is 42.7 Å². The lowest BCUT2D eigenvalue weighted by Gasteiger charge is -2.19. The molecule has 0 fully saturated rings. The van der Waals surface area contributed by atoms with E-state index in [9.17, 15) is 10.0 Å². The normalized spacial score (nSPS) is 11.4. The van der Waals surface area contributed by atoms with Gasteiger partial charge in [0, 0.05) is 4.47 Å². The summed E-state index contributed by atoms with van der Waals surface area (Å²) < 4.78 is 1.16. The monoisotopic (exact) mass is 1240 g/mol. The van der Waals surface area contributed by atoms with Gasteiger partial charge in [-0.2, -0.15) is 0 Å². The van der Waals surface area contributed by atoms with Crippen LogP contribution in [-0.4, -0.2) is 17.2 Å². The van der Waals surface area contributed by atoms with Crippen molar-refractivity contribution >= 4 is 136 Å². The number of hydrogen-bond acceptors (Lipinski definition) is 2. The van der Waals surface area contributed by atoms with E-state index in [2.05, 4.69) is 319 Å². The van der Waals surface area contributed by atoms with Crippen LogP contribution in [0.3, 0.4) is 0 Å². The Kier molecular flexibility index (Phi) is 14.7. The summed E-state index contributed by atoms with van der Waals surface area (Å²) in [5.74, 6) is 0. The molecule has 0 aliphatic heterocycles. The third-order valence-electron chi connectivity index (χ3n) is 18.5. The predicted octanol–water partition coefficient (Wildman–Crippen LogP) is 23.4. The van der Waals surface area contributed by atoms with Crippen LogP contribution < -0.4 is 5.46 Å². The van der Waals surface area contributed by atoms with Crippen LogP contribution in [0.5, 0.6) is 0 Å². The van der Waals surface area contributed by atoms with E-state index in [1.54, 1.807) is 0 Å². The molecule has 0 saturated carbocycles. The molecule has 0 bridgehead atoms. The van der Waals surface area contributed by atoms with Gasteiger partial charge in [0.2, 0.25) is 0 Å². The van der Waals surface area contributed by atoms with Gasteiger partial charge in [-0.15, -0.1) is 0 Å². The summed E-state index contributed by atoms with van der Waals surface area (Å²) in [5, 5.41) is 44.6. The SMILES string of the molecule is Brc1cccc2c1ccc1ccccc12.OB(O)c1c2ccccc2c(-c2cccc(-c3cccc4ccccc34)c2)c2ccccc12.c1cc(-c2cccc3ccccc23)cc(-c2c3ccccc3c(-c3cccc4c3ccc3ccccc34)c3ccccc23)c1. The molecule has 4 heteroatoms. The summed E-state index contributed by atoms with van der Waals surface area (Å²) in [6, 6.07) is 121. The average molecular weight is 1240 g/mol. The Hall–Kier alpha value is -11.0. The third-order valence-corrected chi connectivity index (χ3v) is 19.1. The van der Waals surface area contributed by atoms with Gasteiger partial charge in [0.1, 0.15) is 0 Å². The van der Waals surface area contributed by atoms with Crippen LogP contribution in [0.4, 0.5) is 0 Å². The molecule has 0 aliphatic rings. The highest BCUT2D eigenvalue weighted by Gasteiger charge is 2.23. The zero-order valence-corrected chi connectivity index (χ0v) is 51.8. The summed E-state index contributed by atoms with van der Waals surface area (Å²) in [4.78, 5) is 0. The van der Waals surface area contributed by atoms with Gasteiger partial charge in [-0.05, 0) is 187 Å². The molecule has 0 amide bonds. The van der Waals surface area contributed by atoms with Crippen molar-refractivity contribution in [1.29, 1.82) is 0 Å². The molecule has 2 nitrogen and oxygen atoms in total. The molecule has 0 aliphatic carbocycles. The Bertz CT molecular complexity index is 5790. The van der Waals surface area contributed by atoms with Gasteiger partial charge >= 0.3 is 7.12 Å². The second kappa shape index (κ2) is 24.1. The average Bonchev–Trinajstić information content (AvgIpc) is 0.745.